The molecule has 88 valence electrons. The predicted octanol–water partition coefficient (Wildman–Crippen LogP) is 1.95. The van der Waals surface area contributed by atoms with Gasteiger partial charge in [0.1, 0.15) is 5.71 Å². The van der Waals surface area contributed by atoms with Crippen LogP contribution in [0.15, 0.2) is 29.4 Å². The number of hydrogen-bond donors (Lipinski definition) is 1. The van der Waals surface area contributed by atoms with Gasteiger partial charge in [0.15, 0.2) is 9.84 Å². The lowest BCUT2D eigenvalue weighted by Crippen LogP contribution is -2.18. The average molecular weight is 262 g/mol. The first-order valence-corrected chi connectivity index (χ1v) is 6.85. The summed E-state index contributed by atoms with van der Waals surface area (Å²) < 4.78 is 22.8. The van der Waals surface area contributed by atoms with Gasteiger partial charge < -0.3 is 5.21 Å². The van der Waals surface area contributed by atoms with Crippen molar-refractivity contribution in [2.75, 3.05) is 11.5 Å². The van der Waals surface area contributed by atoms with Gasteiger partial charge in [0.25, 0.3) is 0 Å². The molecule has 0 fully saturated rings. The van der Waals surface area contributed by atoms with Crippen molar-refractivity contribution in [1.82, 2.24) is 0 Å². The molecule has 1 aromatic carbocycles. The smallest absolute Gasteiger partial charge is 0.155 e. The minimum absolute atomic E-state index is 0.0135. The summed E-state index contributed by atoms with van der Waals surface area (Å²) in [5, 5.41) is 12.4. The second kappa shape index (κ2) is 5.32. The van der Waals surface area contributed by atoms with Crippen LogP contribution in [0.1, 0.15) is 12.5 Å². The van der Waals surface area contributed by atoms with Gasteiger partial charge in [-0.2, -0.15) is 0 Å². The van der Waals surface area contributed by atoms with Crippen molar-refractivity contribution >= 4 is 27.1 Å². The van der Waals surface area contributed by atoms with Gasteiger partial charge in [0.05, 0.1) is 5.75 Å². The van der Waals surface area contributed by atoms with Gasteiger partial charge in [-0.15, -0.1) is 0 Å². The number of rotatable bonds is 4. The van der Waals surface area contributed by atoms with Crippen molar-refractivity contribution in [3.63, 3.8) is 0 Å². The summed E-state index contributed by atoms with van der Waals surface area (Å²) in [4.78, 5) is 0. The van der Waals surface area contributed by atoms with Crippen LogP contribution >= 0.6 is 11.6 Å². The van der Waals surface area contributed by atoms with E-state index in [9.17, 15) is 8.42 Å². The van der Waals surface area contributed by atoms with Gasteiger partial charge in [-0.3, -0.25) is 0 Å². The lowest BCUT2D eigenvalue weighted by molar-refractivity contribution is 0.319. The molecule has 0 atom stereocenters. The van der Waals surface area contributed by atoms with Gasteiger partial charge in [-0.25, -0.2) is 8.42 Å². The maximum Gasteiger partial charge on any atom is 0.155 e. The summed E-state index contributed by atoms with van der Waals surface area (Å²) in [5.74, 6) is -0.263. The molecule has 0 unspecified atom stereocenters. The highest BCUT2D eigenvalue weighted by molar-refractivity contribution is 7.92. The standard InChI is InChI=1S/C10H12ClNO3S/c1-2-16(14,15)7-10(12-13)8-3-5-9(11)6-4-8/h3-6,13H,2,7H2,1H3/b12-10-. The zero-order chi connectivity index (χ0) is 12.2. The third kappa shape index (κ3) is 3.50. The molecule has 0 spiro atoms. The van der Waals surface area contributed by atoms with E-state index in [1.807, 2.05) is 0 Å². The Kier molecular flexibility index (Phi) is 4.32. The third-order valence-electron chi connectivity index (χ3n) is 2.09. The quantitative estimate of drug-likeness (QED) is 0.512. The fourth-order valence-electron chi connectivity index (χ4n) is 1.12. The molecule has 4 nitrogen and oxygen atoms in total. The largest absolute Gasteiger partial charge is 0.411 e. The summed E-state index contributed by atoms with van der Waals surface area (Å²) >= 11 is 5.70. The molecule has 0 aliphatic carbocycles. The molecule has 0 saturated carbocycles. The fraction of sp³-hybridized carbons (Fsp3) is 0.300. The van der Waals surface area contributed by atoms with E-state index < -0.39 is 9.84 Å². The molecule has 0 heterocycles. The van der Waals surface area contributed by atoms with Gasteiger partial charge in [0.2, 0.25) is 0 Å². The Morgan fingerprint density at radius 1 is 1.38 bits per heavy atom. The summed E-state index contributed by atoms with van der Waals surface area (Å²) in [6.45, 7) is 1.55. The second-order valence-electron chi connectivity index (χ2n) is 3.23. The highest BCUT2D eigenvalue weighted by Gasteiger charge is 2.14. The van der Waals surface area contributed by atoms with E-state index in [1.54, 1.807) is 31.2 Å². The number of sulfone groups is 1. The zero-order valence-electron chi connectivity index (χ0n) is 8.72. The lowest BCUT2D eigenvalue weighted by atomic mass is 10.1. The normalized spacial score (nSPS) is 12.8. The van der Waals surface area contributed by atoms with Crippen LogP contribution in [0, 0.1) is 0 Å². The Morgan fingerprint density at radius 2 is 1.94 bits per heavy atom. The molecule has 0 bridgehead atoms. The van der Waals surface area contributed by atoms with Crippen molar-refractivity contribution in [1.29, 1.82) is 0 Å². The molecule has 1 aromatic rings. The van der Waals surface area contributed by atoms with Crippen LogP contribution in [0.25, 0.3) is 0 Å². The highest BCUT2D eigenvalue weighted by Crippen LogP contribution is 2.11. The monoisotopic (exact) mass is 261 g/mol. The Balaban J connectivity index is 2.97. The average Bonchev–Trinajstić information content (AvgIpc) is 2.27. The van der Waals surface area contributed by atoms with Crippen LogP contribution in [-0.2, 0) is 9.84 Å². The minimum Gasteiger partial charge on any atom is -0.411 e. The Hall–Kier alpha value is -1.07. The van der Waals surface area contributed by atoms with Gasteiger partial charge in [-0.05, 0) is 12.1 Å². The van der Waals surface area contributed by atoms with Crippen LogP contribution in [0.5, 0.6) is 0 Å². The SMILES string of the molecule is CCS(=O)(=O)C/C(=N/O)c1ccc(Cl)cc1. The minimum atomic E-state index is -3.21. The first-order chi connectivity index (χ1) is 7.48. The van der Waals surface area contributed by atoms with E-state index in [2.05, 4.69) is 5.16 Å². The summed E-state index contributed by atoms with van der Waals surface area (Å²) in [7, 11) is -3.21. The van der Waals surface area contributed by atoms with Crippen molar-refractivity contribution < 1.29 is 13.6 Å². The zero-order valence-corrected chi connectivity index (χ0v) is 10.3. The molecule has 0 saturated heterocycles. The summed E-state index contributed by atoms with van der Waals surface area (Å²) in [5.41, 5.74) is 0.669. The number of hydrogen-bond acceptors (Lipinski definition) is 4. The number of halogens is 1. The maximum atomic E-state index is 11.4. The molecule has 0 aromatic heterocycles. The number of oxime groups is 1. The first kappa shape index (κ1) is 13.0. The van der Waals surface area contributed by atoms with E-state index in [0.29, 0.717) is 10.6 Å². The lowest BCUT2D eigenvalue weighted by Gasteiger charge is -2.04. The Morgan fingerprint density at radius 3 is 2.38 bits per heavy atom. The Bertz CT molecular complexity index is 479. The topological polar surface area (TPSA) is 66.7 Å². The van der Waals surface area contributed by atoms with Crippen molar-refractivity contribution in [3.05, 3.63) is 34.9 Å². The highest BCUT2D eigenvalue weighted by atomic mass is 35.5. The van der Waals surface area contributed by atoms with Crippen molar-refractivity contribution in [2.45, 2.75) is 6.92 Å². The molecule has 0 aliphatic heterocycles. The van der Waals surface area contributed by atoms with Gasteiger partial charge in [-0.1, -0.05) is 35.8 Å². The molecular weight excluding hydrogens is 250 g/mol. The van der Waals surface area contributed by atoms with Crippen molar-refractivity contribution in [2.24, 2.45) is 5.16 Å². The van der Waals surface area contributed by atoms with Crippen LogP contribution in [0.3, 0.4) is 0 Å². The summed E-state index contributed by atoms with van der Waals surface area (Å²) in [6.07, 6.45) is 0. The van der Waals surface area contributed by atoms with E-state index in [1.165, 1.54) is 0 Å². The third-order valence-corrected chi connectivity index (χ3v) is 3.94. The van der Waals surface area contributed by atoms with E-state index in [4.69, 9.17) is 16.8 Å². The molecule has 16 heavy (non-hydrogen) atoms. The van der Waals surface area contributed by atoms with E-state index in [0.717, 1.165) is 0 Å². The maximum absolute atomic E-state index is 11.4. The van der Waals surface area contributed by atoms with E-state index >= 15 is 0 Å². The van der Waals surface area contributed by atoms with Crippen LogP contribution in [-0.4, -0.2) is 30.8 Å². The molecular formula is C10H12ClNO3S. The molecule has 1 N–H and O–H groups in total. The predicted molar refractivity (Wildman–Crippen MR) is 64.1 cm³/mol. The van der Waals surface area contributed by atoms with Crippen LogP contribution in [0.4, 0.5) is 0 Å². The Labute approximate surface area is 99.5 Å². The fourth-order valence-corrected chi connectivity index (χ4v) is 2.09. The molecule has 0 amide bonds. The second-order valence-corrected chi connectivity index (χ2v) is 6.02. The van der Waals surface area contributed by atoms with Crippen LogP contribution in [0.2, 0.25) is 5.02 Å². The number of benzene rings is 1. The summed E-state index contributed by atoms with van der Waals surface area (Å²) in [6, 6.07) is 6.45. The molecule has 0 aliphatic rings. The van der Waals surface area contributed by atoms with E-state index in [-0.39, 0.29) is 17.2 Å². The molecule has 1 rings (SSSR count). The van der Waals surface area contributed by atoms with Crippen molar-refractivity contribution in [3.8, 4) is 0 Å². The van der Waals surface area contributed by atoms with Gasteiger partial charge >= 0.3 is 0 Å². The van der Waals surface area contributed by atoms with Crippen LogP contribution < -0.4 is 0 Å². The first-order valence-electron chi connectivity index (χ1n) is 4.66. The molecule has 0 radical (unpaired) electrons. The number of nitrogens with zero attached hydrogens (tertiary/aromatic N) is 1. The van der Waals surface area contributed by atoms with Gasteiger partial charge in [0, 0.05) is 16.3 Å². The molecule has 6 heteroatoms.